The van der Waals surface area contributed by atoms with E-state index in [1.807, 2.05) is 0 Å². The van der Waals surface area contributed by atoms with Gasteiger partial charge in [-0.3, -0.25) is 0 Å². The van der Waals surface area contributed by atoms with Crippen molar-refractivity contribution < 1.29 is 0 Å². The van der Waals surface area contributed by atoms with E-state index in [9.17, 15) is 0 Å². The van der Waals surface area contributed by atoms with Gasteiger partial charge in [0.15, 0.2) is 0 Å². The van der Waals surface area contributed by atoms with E-state index in [-0.39, 0.29) is 0 Å². The fourth-order valence-corrected chi connectivity index (χ4v) is 4.02. The van der Waals surface area contributed by atoms with Crippen molar-refractivity contribution in [1.82, 2.24) is 4.98 Å². The van der Waals surface area contributed by atoms with Crippen LogP contribution >= 0.6 is 0 Å². The van der Waals surface area contributed by atoms with Gasteiger partial charge < -0.3 is 10.3 Å². The summed E-state index contributed by atoms with van der Waals surface area (Å²) in [5, 5.41) is 5.02. The number of aromatic amines is 1. The molecule has 3 aromatic carbocycles. The second kappa shape index (κ2) is 5.82. The van der Waals surface area contributed by atoms with Crippen molar-refractivity contribution in [1.29, 1.82) is 0 Å². The van der Waals surface area contributed by atoms with Crippen LogP contribution in [0.5, 0.6) is 0 Å². The molecule has 2 heteroatoms. The molecule has 0 spiro atoms. The highest BCUT2D eigenvalue weighted by Gasteiger charge is 2.29. The SMILES string of the molecule is c1ccc([C@H]2C[C@@H](c3cc4ccccc4[nH]3)c3ccccc3N2)cc1. The number of aromatic nitrogens is 1. The summed E-state index contributed by atoms with van der Waals surface area (Å²) in [5.41, 5.74) is 6.48. The van der Waals surface area contributed by atoms with Crippen LogP contribution in [0.4, 0.5) is 5.69 Å². The number of H-pyrrole nitrogens is 1. The lowest BCUT2D eigenvalue weighted by atomic mass is 9.82. The minimum absolute atomic E-state index is 0.326. The Morgan fingerprint density at radius 1 is 0.760 bits per heavy atom. The first-order valence-corrected chi connectivity index (χ1v) is 8.86. The van der Waals surface area contributed by atoms with E-state index in [4.69, 9.17) is 0 Å². The minimum atomic E-state index is 0.326. The molecule has 5 rings (SSSR count). The summed E-state index contributed by atoms with van der Waals surface area (Å²) in [7, 11) is 0. The van der Waals surface area contributed by atoms with Gasteiger partial charge >= 0.3 is 0 Å². The van der Waals surface area contributed by atoms with Crippen molar-refractivity contribution in [3.63, 3.8) is 0 Å². The Hall–Kier alpha value is -3.00. The molecule has 0 saturated carbocycles. The number of para-hydroxylation sites is 2. The number of rotatable bonds is 2. The van der Waals surface area contributed by atoms with E-state index in [2.05, 4.69) is 95.2 Å². The molecule has 1 aromatic heterocycles. The first-order valence-electron chi connectivity index (χ1n) is 8.86. The molecule has 2 nitrogen and oxygen atoms in total. The van der Waals surface area contributed by atoms with Crippen molar-refractivity contribution in [3.8, 4) is 0 Å². The summed E-state index contributed by atoms with van der Waals surface area (Å²) < 4.78 is 0. The highest BCUT2D eigenvalue weighted by molar-refractivity contribution is 5.80. The highest BCUT2D eigenvalue weighted by atomic mass is 14.9. The average Bonchev–Trinajstić information content (AvgIpc) is 3.12. The Morgan fingerprint density at radius 3 is 2.40 bits per heavy atom. The number of fused-ring (bicyclic) bond motifs is 2. The van der Waals surface area contributed by atoms with Crippen LogP contribution in [0.1, 0.15) is 35.2 Å². The molecule has 122 valence electrons. The van der Waals surface area contributed by atoms with Gasteiger partial charge in [0, 0.05) is 22.8 Å². The Balaban J connectivity index is 1.61. The topological polar surface area (TPSA) is 27.8 Å². The molecule has 0 fully saturated rings. The van der Waals surface area contributed by atoms with Crippen LogP contribution in [0.25, 0.3) is 10.9 Å². The van der Waals surface area contributed by atoms with Gasteiger partial charge in [0.2, 0.25) is 0 Å². The van der Waals surface area contributed by atoms with Crippen molar-refractivity contribution in [2.75, 3.05) is 5.32 Å². The maximum absolute atomic E-state index is 3.73. The lowest BCUT2D eigenvalue weighted by Crippen LogP contribution is -2.22. The minimum Gasteiger partial charge on any atom is -0.378 e. The summed E-state index contributed by atoms with van der Waals surface area (Å²) >= 11 is 0. The molecule has 2 heterocycles. The molecule has 0 saturated heterocycles. The molecule has 0 unspecified atom stereocenters. The highest BCUT2D eigenvalue weighted by Crippen LogP contribution is 2.43. The summed E-state index contributed by atoms with van der Waals surface area (Å²) in [5.74, 6) is 0.370. The van der Waals surface area contributed by atoms with Gasteiger partial charge in [-0.1, -0.05) is 66.7 Å². The van der Waals surface area contributed by atoms with E-state index in [0.29, 0.717) is 12.0 Å². The second-order valence-electron chi connectivity index (χ2n) is 6.80. The lowest BCUT2D eigenvalue weighted by Gasteiger charge is -2.33. The van der Waals surface area contributed by atoms with Gasteiger partial charge in [-0.2, -0.15) is 0 Å². The first kappa shape index (κ1) is 14.4. The monoisotopic (exact) mass is 324 g/mol. The zero-order chi connectivity index (χ0) is 16.6. The van der Waals surface area contributed by atoms with Crippen molar-refractivity contribution in [2.24, 2.45) is 0 Å². The second-order valence-corrected chi connectivity index (χ2v) is 6.80. The zero-order valence-electron chi connectivity index (χ0n) is 13.9. The van der Waals surface area contributed by atoms with Gasteiger partial charge in [0.25, 0.3) is 0 Å². The van der Waals surface area contributed by atoms with E-state index >= 15 is 0 Å². The molecule has 25 heavy (non-hydrogen) atoms. The van der Waals surface area contributed by atoms with Crippen LogP contribution in [-0.2, 0) is 0 Å². The molecular weight excluding hydrogens is 304 g/mol. The molecule has 0 aliphatic carbocycles. The summed E-state index contributed by atoms with van der Waals surface area (Å²) in [4.78, 5) is 3.65. The van der Waals surface area contributed by atoms with Gasteiger partial charge in [0.1, 0.15) is 0 Å². The number of hydrogen-bond donors (Lipinski definition) is 2. The predicted octanol–water partition coefficient (Wildman–Crippen LogP) is 5.86. The normalized spacial score (nSPS) is 19.4. The van der Waals surface area contributed by atoms with Crippen LogP contribution in [-0.4, -0.2) is 4.98 Å². The van der Waals surface area contributed by atoms with Gasteiger partial charge in [0.05, 0.1) is 6.04 Å². The van der Waals surface area contributed by atoms with Crippen molar-refractivity contribution in [3.05, 3.63) is 102 Å². The van der Waals surface area contributed by atoms with Crippen LogP contribution in [0.15, 0.2) is 84.9 Å². The Morgan fingerprint density at radius 2 is 1.52 bits per heavy atom. The van der Waals surface area contributed by atoms with Crippen LogP contribution in [0.3, 0.4) is 0 Å². The molecule has 2 N–H and O–H groups in total. The van der Waals surface area contributed by atoms with Gasteiger partial charge in [-0.15, -0.1) is 0 Å². The smallest absolute Gasteiger partial charge is 0.0523 e. The molecule has 2 atom stereocenters. The third-order valence-corrected chi connectivity index (χ3v) is 5.27. The molecular formula is C23H20N2. The zero-order valence-corrected chi connectivity index (χ0v) is 13.9. The van der Waals surface area contributed by atoms with Crippen molar-refractivity contribution >= 4 is 16.6 Å². The lowest BCUT2D eigenvalue weighted by molar-refractivity contribution is 0.596. The summed E-state index contributed by atoms with van der Waals surface area (Å²) in [6.45, 7) is 0. The maximum atomic E-state index is 3.73. The maximum Gasteiger partial charge on any atom is 0.0523 e. The largest absolute Gasteiger partial charge is 0.378 e. The Kier molecular flexibility index (Phi) is 3.34. The first-order chi connectivity index (χ1) is 12.4. The molecule has 1 aliphatic heterocycles. The van der Waals surface area contributed by atoms with Gasteiger partial charge in [-0.25, -0.2) is 0 Å². The average molecular weight is 324 g/mol. The number of anilines is 1. The van der Waals surface area contributed by atoms with E-state index in [1.165, 1.54) is 33.4 Å². The quantitative estimate of drug-likeness (QED) is 0.475. The fourth-order valence-electron chi connectivity index (χ4n) is 4.02. The van der Waals surface area contributed by atoms with E-state index in [1.54, 1.807) is 0 Å². The summed E-state index contributed by atoms with van der Waals surface area (Å²) in [6, 6.07) is 30.6. The fraction of sp³-hybridized carbons (Fsp3) is 0.130. The molecule has 0 bridgehead atoms. The predicted molar refractivity (Wildman–Crippen MR) is 104 cm³/mol. The standard InChI is InChI=1S/C23H20N2/c1-2-8-16(9-3-1)22-15-19(18-11-5-7-13-21(18)25-22)23-14-17-10-4-6-12-20(17)24-23/h1-14,19,22,24-25H,15H2/t19-,22-/m1/s1. The molecule has 4 aromatic rings. The molecule has 1 aliphatic rings. The van der Waals surface area contributed by atoms with E-state index < -0.39 is 0 Å². The van der Waals surface area contributed by atoms with Crippen molar-refractivity contribution in [2.45, 2.75) is 18.4 Å². The summed E-state index contributed by atoms with van der Waals surface area (Å²) in [6.07, 6.45) is 1.05. The number of benzene rings is 3. The van der Waals surface area contributed by atoms with Crippen LogP contribution in [0, 0.1) is 0 Å². The Bertz CT molecular complexity index is 983. The van der Waals surface area contributed by atoms with Crippen LogP contribution < -0.4 is 5.32 Å². The number of nitrogens with one attached hydrogen (secondary N) is 2. The van der Waals surface area contributed by atoms with Gasteiger partial charge in [-0.05, 0) is 41.1 Å². The third-order valence-electron chi connectivity index (χ3n) is 5.27. The van der Waals surface area contributed by atoms with E-state index in [0.717, 1.165) is 6.42 Å². The Labute approximate surface area is 147 Å². The van der Waals surface area contributed by atoms with Crippen LogP contribution in [0.2, 0.25) is 0 Å². The molecule has 0 radical (unpaired) electrons. The number of hydrogen-bond acceptors (Lipinski definition) is 1. The molecule has 0 amide bonds. The third kappa shape index (κ3) is 2.51.